The van der Waals surface area contributed by atoms with Gasteiger partial charge in [0.2, 0.25) is 0 Å². The highest BCUT2D eigenvalue weighted by atomic mass is 16.5. The normalized spacial score (nSPS) is 12.3. The maximum Gasteiger partial charge on any atom is 0.119 e. The van der Waals surface area contributed by atoms with Crippen LogP contribution in [0.1, 0.15) is 19.4 Å². The van der Waals surface area contributed by atoms with Crippen molar-refractivity contribution in [1.29, 1.82) is 0 Å². The van der Waals surface area contributed by atoms with E-state index in [1.54, 1.807) is 0 Å². The summed E-state index contributed by atoms with van der Waals surface area (Å²) in [7, 11) is 0. The Morgan fingerprint density at radius 2 is 1.43 bits per heavy atom. The van der Waals surface area contributed by atoms with Gasteiger partial charge in [0.15, 0.2) is 0 Å². The maximum absolute atomic E-state index is 6.21. The van der Waals surface area contributed by atoms with Crippen molar-refractivity contribution in [3.05, 3.63) is 66.2 Å². The van der Waals surface area contributed by atoms with E-state index in [0.717, 1.165) is 31.8 Å². The Hall–Kier alpha value is -1.80. The summed E-state index contributed by atoms with van der Waals surface area (Å²) in [5.74, 6) is 0.950. The molecule has 0 spiro atoms. The van der Waals surface area contributed by atoms with Crippen LogP contribution < -0.4 is 4.74 Å². The summed E-state index contributed by atoms with van der Waals surface area (Å²) in [5, 5.41) is 0. The fourth-order valence-corrected chi connectivity index (χ4v) is 2.48. The van der Waals surface area contributed by atoms with Crippen molar-refractivity contribution in [1.82, 2.24) is 4.90 Å². The molecule has 0 saturated carbocycles. The number of para-hydroxylation sites is 1. The SMILES string of the molecule is CCN(CC)CC(Cc1ccccc1)Oc1ccccc1. The molecule has 0 heterocycles. The highest BCUT2D eigenvalue weighted by Gasteiger charge is 2.15. The lowest BCUT2D eigenvalue weighted by molar-refractivity contribution is 0.139. The number of hydrogen-bond acceptors (Lipinski definition) is 2. The third kappa shape index (κ3) is 5.24. The fourth-order valence-electron chi connectivity index (χ4n) is 2.48. The molecule has 2 aromatic carbocycles. The summed E-state index contributed by atoms with van der Waals surface area (Å²) in [6, 6.07) is 20.7. The third-order valence-electron chi connectivity index (χ3n) is 3.71. The molecule has 21 heavy (non-hydrogen) atoms. The summed E-state index contributed by atoms with van der Waals surface area (Å²) in [5.41, 5.74) is 1.32. The molecule has 1 unspecified atom stereocenters. The number of nitrogens with zero attached hydrogens (tertiary/aromatic N) is 1. The standard InChI is InChI=1S/C19H25NO/c1-3-20(4-2)16-19(15-17-11-7-5-8-12-17)21-18-13-9-6-10-14-18/h5-14,19H,3-4,15-16H2,1-2H3. The summed E-state index contributed by atoms with van der Waals surface area (Å²) in [4.78, 5) is 2.41. The first-order valence-corrected chi connectivity index (χ1v) is 7.79. The molecule has 2 heteroatoms. The second-order valence-electron chi connectivity index (χ2n) is 5.23. The minimum absolute atomic E-state index is 0.176. The first-order chi connectivity index (χ1) is 10.3. The Morgan fingerprint density at radius 3 is 2.00 bits per heavy atom. The van der Waals surface area contributed by atoms with Gasteiger partial charge in [-0.1, -0.05) is 62.4 Å². The minimum atomic E-state index is 0.176. The number of likely N-dealkylation sites (N-methyl/N-ethyl adjacent to an activating group) is 1. The molecule has 0 amide bonds. The van der Waals surface area contributed by atoms with Crippen LogP contribution in [0.2, 0.25) is 0 Å². The van der Waals surface area contributed by atoms with Crippen molar-refractivity contribution in [2.45, 2.75) is 26.4 Å². The second kappa shape index (κ2) is 8.48. The molecule has 0 aliphatic rings. The van der Waals surface area contributed by atoms with Crippen LogP contribution in [0.25, 0.3) is 0 Å². The Bertz CT molecular complexity index is 452. The lowest BCUT2D eigenvalue weighted by Crippen LogP contribution is -2.36. The van der Waals surface area contributed by atoms with Crippen molar-refractivity contribution < 1.29 is 4.74 Å². The van der Waals surface area contributed by atoms with E-state index in [1.165, 1.54) is 5.56 Å². The molecule has 1 atom stereocenters. The van der Waals surface area contributed by atoms with Crippen LogP contribution in [0.3, 0.4) is 0 Å². The third-order valence-corrected chi connectivity index (χ3v) is 3.71. The highest BCUT2D eigenvalue weighted by Crippen LogP contribution is 2.15. The van der Waals surface area contributed by atoms with Crippen LogP contribution >= 0.6 is 0 Å². The molecule has 2 rings (SSSR count). The van der Waals surface area contributed by atoms with Crippen LogP contribution in [0.5, 0.6) is 5.75 Å². The van der Waals surface area contributed by atoms with Gasteiger partial charge in [0.05, 0.1) is 0 Å². The van der Waals surface area contributed by atoms with Crippen LogP contribution in [0.4, 0.5) is 0 Å². The van der Waals surface area contributed by atoms with E-state index in [4.69, 9.17) is 4.74 Å². The van der Waals surface area contributed by atoms with E-state index in [9.17, 15) is 0 Å². The Kier molecular flexibility index (Phi) is 6.29. The number of ether oxygens (including phenoxy) is 1. The van der Waals surface area contributed by atoms with Crippen molar-refractivity contribution >= 4 is 0 Å². The average molecular weight is 283 g/mol. The Balaban J connectivity index is 2.06. The zero-order valence-electron chi connectivity index (χ0n) is 13.0. The molecule has 0 bridgehead atoms. The summed E-state index contributed by atoms with van der Waals surface area (Å²) >= 11 is 0. The smallest absolute Gasteiger partial charge is 0.119 e. The molecule has 0 aliphatic heterocycles. The highest BCUT2D eigenvalue weighted by molar-refractivity contribution is 5.22. The van der Waals surface area contributed by atoms with E-state index < -0.39 is 0 Å². The van der Waals surface area contributed by atoms with Crippen molar-refractivity contribution in [2.75, 3.05) is 19.6 Å². The topological polar surface area (TPSA) is 12.5 Å². The molecule has 0 radical (unpaired) electrons. The van der Waals surface area contributed by atoms with Crippen molar-refractivity contribution in [3.8, 4) is 5.75 Å². The second-order valence-corrected chi connectivity index (χ2v) is 5.23. The lowest BCUT2D eigenvalue weighted by atomic mass is 10.1. The number of hydrogen-bond donors (Lipinski definition) is 0. The summed E-state index contributed by atoms with van der Waals surface area (Å²) in [6.45, 7) is 7.47. The summed E-state index contributed by atoms with van der Waals surface area (Å²) in [6.07, 6.45) is 1.11. The number of rotatable bonds is 8. The van der Waals surface area contributed by atoms with Crippen molar-refractivity contribution in [3.63, 3.8) is 0 Å². The summed E-state index contributed by atoms with van der Waals surface area (Å²) < 4.78 is 6.21. The van der Waals surface area contributed by atoms with Crippen molar-refractivity contribution in [2.24, 2.45) is 0 Å². The van der Waals surface area contributed by atoms with Gasteiger partial charge in [-0.05, 0) is 30.8 Å². The minimum Gasteiger partial charge on any atom is -0.489 e. The lowest BCUT2D eigenvalue weighted by Gasteiger charge is -2.26. The predicted octanol–water partition coefficient (Wildman–Crippen LogP) is 4.02. The molecule has 0 fully saturated rings. The van der Waals surface area contributed by atoms with Gasteiger partial charge in [0, 0.05) is 13.0 Å². The Morgan fingerprint density at radius 1 is 0.857 bits per heavy atom. The monoisotopic (exact) mass is 283 g/mol. The van der Waals surface area contributed by atoms with E-state index in [1.807, 2.05) is 30.3 Å². The first-order valence-electron chi connectivity index (χ1n) is 7.79. The van der Waals surface area contributed by atoms with Gasteiger partial charge in [-0.3, -0.25) is 0 Å². The van der Waals surface area contributed by atoms with Crippen LogP contribution in [-0.2, 0) is 6.42 Å². The quantitative estimate of drug-likeness (QED) is 0.725. The predicted molar refractivity (Wildman–Crippen MR) is 88.8 cm³/mol. The average Bonchev–Trinajstić information content (AvgIpc) is 2.54. The molecule has 112 valence electrons. The van der Waals surface area contributed by atoms with Gasteiger partial charge in [0.1, 0.15) is 11.9 Å². The van der Waals surface area contributed by atoms with E-state index in [-0.39, 0.29) is 6.10 Å². The fraction of sp³-hybridized carbons (Fsp3) is 0.368. The zero-order valence-corrected chi connectivity index (χ0v) is 13.0. The zero-order chi connectivity index (χ0) is 14.9. The van der Waals surface area contributed by atoms with E-state index >= 15 is 0 Å². The van der Waals surface area contributed by atoms with Gasteiger partial charge >= 0.3 is 0 Å². The molecule has 0 aromatic heterocycles. The molecular weight excluding hydrogens is 258 g/mol. The van der Waals surface area contributed by atoms with Gasteiger partial charge in [-0.2, -0.15) is 0 Å². The van der Waals surface area contributed by atoms with E-state index in [0.29, 0.717) is 0 Å². The largest absolute Gasteiger partial charge is 0.489 e. The van der Waals surface area contributed by atoms with Gasteiger partial charge < -0.3 is 9.64 Å². The number of benzene rings is 2. The molecule has 0 saturated heterocycles. The van der Waals surface area contributed by atoms with Gasteiger partial charge in [0.25, 0.3) is 0 Å². The molecular formula is C19H25NO. The Labute approximate surface area is 128 Å². The van der Waals surface area contributed by atoms with Crippen LogP contribution in [0, 0.1) is 0 Å². The molecule has 0 N–H and O–H groups in total. The molecule has 2 nitrogen and oxygen atoms in total. The van der Waals surface area contributed by atoms with Crippen LogP contribution in [0.15, 0.2) is 60.7 Å². The van der Waals surface area contributed by atoms with Crippen LogP contribution in [-0.4, -0.2) is 30.6 Å². The molecule has 0 aliphatic carbocycles. The first kappa shape index (κ1) is 15.6. The maximum atomic E-state index is 6.21. The van der Waals surface area contributed by atoms with Gasteiger partial charge in [-0.25, -0.2) is 0 Å². The molecule has 2 aromatic rings. The van der Waals surface area contributed by atoms with E-state index in [2.05, 4.69) is 49.1 Å². The van der Waals surface area contributed by atoms with Gasteiger partial charge in [-0.15, -0.1) is 0 Å².